The molecule has 1 aliphatic rings. The third-order valence-corrected chi connectivity index (χ3v) is 5.77. The minimum atomic E-state index is -3.74. The van der Waals surface area contributed by atoms with E-state index in [1.807, 2.05) is 20.8 Å². The van der Waals surface area contributed by atoms with Crippen LogP contribution < -0.4 is 13.7 Å². The molecule has 3 rings (SSSR count). The van der Waals surface area contributed by atoms with E-state index in [0.29, 0.717) is 16.7 Å². The van der Waals surface area contributed by atoms with Crippen molar-refractivity contribution in [1.82, 2.24) is 4.90 Å². The van der Waals surface area contributed by atoms with Gasteiger partial charge in [-0.15, -0.1) is 0 Å². The number of methoxy groups -OCH3 is 2. The first kappa shape index (κ1) is 24.5. The van der Waals surface area contributed by atoms with E-state index in [-0.39, 0.29) is 47.5 Å². The van der Waals surface area contributed by atoms with Gasteiger partial charge in [0, 0.05) is 17.7 Å². The van der Waals surface area contributed by atoms with Crippen molar-refractivity contribution in [3.63, 3.8) is 0 Å². The molecule has 0 unspecified atom stereocenters. The van der Waals surface area contributed by atoms with E-state index >= 15 is 0 Å². The van der Waals surface area contributed by atoms with Crippen LogP contribution in [0.2, 0.25) is 0 Å². The second kappa shape index (κ2) is 8.66. The number of ether oxygens (including phenoxy) is 2. The van der Waals surface area contributed by atoms with Crippen LogP contribution in [-0.2, 0) is 22.1 Å². The van der Waals surface area contributed by atoms with Gasteiger partial charge in [-0.05, 0) is 35.2 Å². The molecule has 0 aliphatic carbocycles. The van der Waals surface area contributed by atoms with Crippen molar-refractivity contribution < 1.29 is 31.3 Å². The smallest absolute Gasteiger partial charge is 0.306 e. The van der Waals surface area contributed by atoms with E-state index in [2.05, 4.69) is 0 Å². The Morgan fingerprint density at radius 3 is 2.36 bits per heavy atom. The van der Waals surface area contributed by atoms with Gasteiger partial charge in [0.1, 0.15) is 11.6 Å². The number of rotatable bonds is 7. The monoisotopic (exact) mass is 478 g/mol. The van der Waals surface area contributed by atoms with Gasteiger partial charge >= 0.3 is 10.1 Å². The molecule has 178 valence electrons. The van der Waals surface area contributed by atoms with Gasteiger partial charge in [0.2, 0.25) is 0 Å². The molecule has 1 N–H and O–H groups in total. The largest absolute Gasteiger partial charge is 0.493 e. The number of Topliss-reactive ketones (excluding diaryl/α,β-unsaturated/α-hetero) is 1. The van der Waals surface area contributed by atoms with Crippen molar-refractivity contribution in [1.29, 1.82) is 5.41 Å². The zero-order valence-electron chi connectivity index (χ0n) is 19.4. The summed E-state index contributed by atoms with van der Waals surface area (Å²) in [5.74, 6) is -0.849. The van der Waals surface area contributed by atoms with E-state index in [9.17, 15) is 17.6 Å². The molecule has 33 heavy (non-hydrogen) atoms. The molecule has 0 bridgehead atoms. The van der Waals surface area contributed by atoms with Crippen molar-refractivity contribution in [2.75, 3.05) is 27.0 Å². The number of amidine groups is 1. The van der Waals surface area contributed by atoms with Crippen molar-refractivity contribution in [3.05, 3.63) is 52.3 Å². The quantitative estimate of drug-likeness (QED) is 0.480. The Morgan fingerprint density at radius 1 is 1.15 bits per heavy atom. The number of fused-ring (bicyclic) bond motifs is 1. The molecule has 0 fully saturated rings. The first-order valence-electron chi connectivity index (χ1n) is 10.1. The standard InChI is InChI=1S/C23H27FN2O6S/c1-23(2,3)15-9-13(7-8-17(15)32-33(6,28)29)16(27)12-26-11-14-10-18(30-4)21(31-5)20(24)19(14)22(26)25/h7-10,25H,11-12H2,1-6H3. The number of ketones is 1. The molecule has 10 heteroatoms. The fourth-order valence-electron chi connectivity index (χ4n) is 3.75. The number of hydrogen-bond acceptors (Lipinski definition) is 7. The SMILES string of the molecule is COc1cc2c(c(F)c1OC)C(=N)N(CC(=O)c1ccc(OS(C)(=O)=O)c(C(C)(C)C)c1)C2. The molecule has 0 spiro atoms. The zero-order chi connectivity index (χ0) is 24.7. The first-order valence-corrected chi connectivity index (χ1v) is 11.9. The Bertz CT molecular complexity index is 1230. The fourth-order valence-corrected chi connectivity index (χ4v) is 4.22. The highest BCUT2D eigenvalue weighted by molar-refractivity contribution is 7.86. The second-order valence-corrected chi connectivity index (χ2v) is 10.4. The van der Waals surface area contributed by atoms with Gasteiger partial charge in [0.25, 0.3) is 0 Å². The van der Waals surface area contributed by atoms with Crippen LogP contribution in [-0.4, -0.2) is 52.0 Å². The molecule has 2 aromatic rings. The molecule has 0 aromatic heterocycles. The van der Waals surface area contributed by atoms with Gasteiger partial charge in [0.05, 0.1) is 32.6 Å². The molecule has 2 aromatic carbocycles. The molecule has 1 aliphatic heterocycles. The summed E-state index contributed by atoms with van der Waals surface area (Å²) < 4.78 is 53.5. The highest BCUT2D eigenvalue weighted by atomic mass is 32.2. The normalized spacial score (nSPS) is 13.7. The van der Waals surface area contributed by atoms with E-state index in [1.165, 1.54) is 31.3 Å². The van der Waals surface area contributed by atoms with E-state index < -0.39 is 21.4 Å². The molecule has 0 atom stereocenters. The molecular weight excluding hydrogens is 451 g/mol. The van der Waals surface area contributed by atoms with Gasteiger partial charge in [0.15, 0.2) is 23.1 Å². The molecule has 0 saturated heterocycles. The lowest BCUT2D eigenvalue weighted by Gasteiger charge is -2.23. The summed E-state index contributed by atoms with van der Waals surface area (Å²) >= 11 is 0. The number of carbonyl (C=O) groups excluding carboxylic acids is 1. The van der Waals surface area contributed by atoms with Gasteiger partial charge < -0.3 is 18.6 Å². The Labute approximate surface area is 192 Å². The average Bonchev–Trinajstić information content (AvgIpc) is 3.01. The zero-order valence-corrected chi connectivity index (χ0v) is 20.2. The van der Waals surface area contributed by atoms with Crippen LogP contribution in [0, 0.1) is 11.2 Å². The van der Waals surface area contributed by atoms with Crippen LogP contribution in [0.25, 0.3) is 0 Å². The number of hydrogen-bond donors (Lipinski definition) is 1. The van der Waals surface area contributed by atoms with Crippen molar-refractivity contribution in [2.24, 2.45) is 0 Å². The summed E-state index contributed by atoms with van der Waals surface area (Å²) in [6, 6.07) is 6.14. The summed E-state index contributed by atoms with van der Waals surface area (Å²) in [4.78, 5) is 14.5. The predicted molar refractivity (Wildman–Crippen MR) is 122 cm³/mol. The highest BCUT2D eigenvalue weighted by Gasteiger charge is 2.33. The van der Waals surface area contributed by atoms with Crippen molar-refractivity contribution in [2.45, 2.75) is 32.7 Å². The van der Waals surface area contributed by atoms with Crippen molar-refractivity contribution in [3.8, 4) is 17.2 Å². The Kier molecular flexibility index (Phi) is 6.43. The summed E-state index contributed by atoms with van der Waals surface area (Å²) in [7, 11) is -1.03. The Hall–Kier alpha value is -3.14. The van der Waals surface area contributed by atoms with Crippen LogP contribution >= 0.6 is 0 Å². The molecular formula is C23H27FN2O6S. The maximum absolute atomic E-state index is 14.9. The van der Waals surface area contributed by atoms with Crippen LogP contribution in [0.3, 0.4) is 0 Å². The summed E-state index contributed by atoms with van der Waals surface area (Å²) in [6.07, 6.45) is 0.957. The molecule has 0 amide bonds. The maximum Gasteiger partial charge on any atom is 0.306 e. The minimum absolute atomic E-state index is 0.0766. The average molecular weight is 479 g/mol. The summed E-state index contributed by atoms with van der Waals surface area (Å²) in [6.45, 7) is 5.64. The third kappa shape index (κ3) is 4.95. The fraction of sp³-hybridized carbons (Fsp3) is 0.391. The molecule has 0 radical (unpaired) electrons. The lowest BCUT2D eigenvalue weighted by atomic mass is 9.85. The van der Waals surface area contributed by atoms with E-state index in [4.69, 9.17) is 19.1 Å². The Morgan fingerprint density at radius 2 is 1.82 bits per heavy atom. The van der Waals surface area contributed by atoms with Crippen LogP contribution in [0.1, 0.15) is 47.8 Å². The summed E-state index contributed by atoms with van der Waals surface area (Å²) in [5, 5.41) is 8.41. The highest BCUT2D eigenvalue weighted by Crippen LogP contribution is 2.38. The van der Waals surface area contributed by atoms with E-state index in [1.54, 1.807) is 12.1 Å². The van der Waals surface area contributed by atoms with Crippen LogP contribution in [0.5, 0.6) is 17.2 Å². The number of benzene rings is 2. The lowest BCUT2D eigenvalue weighted by Crippen LogP contribution is -2.30. The topological polar surface area (TPSA) is 106 Å². The Balaban J connectivity index is 1.90. The number of carbonyl (C=O) groups is 1. The third-order valence-electron chi connectivity index (χ3n) is 5.29. The maximum atomic E-state index is 14.9. The number of halogens is 1. The van der Waals surface area contributed by atoms with Gasteiger partial charge in [-0.2, -0.15) is 8.42 Å². The molecule has 8 nitrogen and oxygen atoms in total. The first-order chi connectivity index (χ1) is 15.3. The van der Waals surface area contributed by atoms with Crippen LogP contribution in [0.15, 0.2) is 24.3 Å². The molecule has 1 heterocycles. The van der Waals surface area contributed by atoms with Crippen LogP contribution in [0.4, 0.5) is 4.39 Å². The molecule has 0 saturated carbocycles. The van der Waals surface area contributed by atoms with Crippen molar-refractivity contribution >= 4 is 21.7 Å². The minimum Gasteiger partial charge on any atom is -0.493 e. The van der Waals surface area contributed by atoms with Gasteiger partial charge in [-0.3, -0.25) is 10.2 Å². The number of nitrogens with one attached hydrogen (secondary N) is 1. The second-order valence-electron chi connectivity index (χ2n) is 8.84. The lowest BCUT2D eigenvalue weighted by molar-refractivity contribution is 0.0962. The van der Waals surface area contributed by atoms with Gasteiger partial charge in [-0.1, -0.05) is 20.8 Å². The summed E-state index contributed by atoms with van der Waals surface area (Å²) in [5.41, 5.74) is 0.991. The number of nitrogens with zero attached hydrogens (tertiary/aromatic N) is 1. The van der Waals surface area contributed by atoms with Gasteiger partial charge in [-0.25, -0.2) is 4.39 Å². The van der Waals surface area contributed by atoms with E-state index in [0.717, 1.165) is 6.26 Å². The predicted octanol–water partition coefficient (Wildman–Crippen LogP) is 3.50.